The highest BCUT2D eigenvalue weighted by atomic mass is 19.4. The van der Waals surface area contributed by atoms with E-state index in [2.05, 4.69) is 20.1 Å². The average molecular weight is 363 g/mol. The second-order valence-corrected chi connectivity index (χ2v) is 5.43. The molecule has 0 fully saturated rings. The predicted molar refractivity (Wildman–Crippen MR) is 82.6 cm³/mol. The van der Waals surface area contributed by atoms with Crippen LogP contribution in [0.25, 0.3) is 17.2 Å². The molecule has 3 heterocycles. The maximum Gasteiger partial charge on any atom is 0.451 e. The van der Waals surface area contributed by atoms with Gasteiger partial charge in [-0.15, -0.1) is 0 Å². The zero-order valence-corrected chi connectivity index (χ0v) is 12.9. The SMILES string of the molecule is [2H]c1ccc(Cc2nc(-c3n[nH]c(C(F)(F)F)n3)cn3ccnc23)c(F)c1. The lowest BCUT2D eigenvalue weighted by Crippen LogP contribution is -2.07. The Balaban J connectivity index is 1.79. The molecule has 0 unspecified atom stereocenters. The molecule has 1 aromatic carbocycles. The minimum absolute atomic E-state index is 0.0318. The second kappa shape index (κ2) is 5.90. The van der Waals surface area contributed by atoms with E-state index in [0.29, 0.717) is 11.3 Å². The quantitative estimate of drug-likeness (QED) is 0.567. The van der Waals surface area contributed by atoms with E-state index in [0.717, 1.165) is 6.07 Å². The molecule has 0 aliphatic rings. The minimum atomic E-state index is -4.66. The van der Waals surface area contributed by atoms with Crippen LogP contribution in [-0.4, -0.2) is 29.5 Å². The Labute approximate surface area is 145 Å². The third-order valence-electron chi connectivity index (χ3n) is 3.68. The van der Waals surface area contributed by atoms with Crippen molar-refractivity contribution in [2.24, 2.45) is 0 Å². The third-order valence-corrected chi connectivity index (χ3v) is 3.68. The number of nitrogens with zero attached hydrogens (tertiary/aromatic N) is 5. The van der Waals surface area contributed by atoms with Crippen molar-refractivity contribution in [1.29, 1.82) is 0 Å². The van der Waals surface area contributed by atoms with Crippen LogP contribution in [0.15, 0.2) is 42.8 Å². The van der Waals surface area contributed by atoms with Gasteiger partial charge in [-0.2, -0.15) is 18.3 Å². The van der Waals surface area contributed by atoms with Crippen LogP contribution in [0.2, 0.25) is 0 Å². The van der Waals surface area contributed by atoms with Crippen LogP contribution < -0.4 is 0 Å². The molecule has 0 aliphatic heterocycles. The maximum absolute atomic E-state index is 14.1. The Bertz CT molecular complexity index is 1130. The summed E-state index contributed by atoms with van der Waals surface area (Å²) in [7, 11) is 0. The van der Waals surface area contributed by atoms with Gasteiger partial charge in [0.05, 0.1) is 7.06 Å². The summed E-state index contributed by atoms with van der Waals surface area (Å²) in [6, 6.07) is 4.01. The van der Waals surface area contributed by atoms with Gasteiger partial charge in [0, 0.05) is 25.0 Å². The molecule has 0 spiro atoms. The number of aromatic nitrogens is 6. The maximum atomic E-state index is 14.1. The fourth-order valence-corrected chi connectivity index (χ4v) is 2.49. The largest absolute Gasteiger partial charge is 0.451 e. The van der Waals surface area contributed by atoms with Crippen LogP contribution in [-0.2, 0) is 12.6 Å². The number of alkyl halides is 3. The number of H-pyrrole nitrogens is 1. The van der Waals surface area contributed by atoms with Crippen LogP contribution in [0.4, 0.5) is 17.6 Å². The number of benzene rings is 1. The standard InChI is InChI=1S/C16H10F4N6/c17-10-4-2-1-3-9(10)7-11-14-21-5-6-26(14)8-12(22-11)13-23-15(25-24-13)16(18,19)20/h1-6,8H,7H2,(H,23,24,25)/i2D. The van der Waals surface area contributed by atoms with Crippen molar-refractivity contribution in [3.8, 4) is 11.5 Å². The van der Waals surface area contributed by atoms with Crippen LogP contribution in [0.3, 0.4) is 0 Å². The molecule has 6 nitrogen and oxygen atoms in total. The first-order valence-electron chi connectivity index (χ1n) is 7.89. The van der Waals surface area contributed by atoms with Crippen molar-refractivity contribution in [1.82, 2.24) is 29.5 Å². The molecule has 132 valence electrons. The summed E-state index contributed by atoms with van der Waals surface area (Å²) < 4.78 is 61.3. The van der Waals surface area contributed by atoms with E-state index in [4.69, 9.17) is 1.37 Å². The van der Waals surface area contributed by atoms with Gasteiger partial charge in [0.2, 0.25) is 11.6 Å². The van der Waals surface area contributed by atoms with Crippen LogP contribution in [0, 0.1) is 5.82 Å². The fourth-order valence-electron chi connectivity index (χ4n) is 2.49. The van der Waals surface area contributed by atoms with E-state index in [-0.39, 0.29) is 29.5 Å². The molecule has 0 saturated heterocycles. The third kappa shape index (κ3) is 2.89. The number of hydrogen-bond donors (Lipinski definition) is 1. The molecule has 0 atom stereocenters. The molecule has 0 radical (unpaired) electrons. The Kier molecular flexibility index (Phi) is 3.40. The average Bonchev–Trinajstić information content (AvgIpc) is 3.25. The van der Waals surface area contributed by atoms with Gasteiger partial charge in [0.1, 0.15) is 11.5 Å². The highest BCUT2D eigenvalue weighted by Crippen LogP contribution is 2.27. The van der Waals surface area contributed by atoms with Crippen LogP contribution in [0.5, 0.6) is 0 Å². The summed E-state index contributed by atoms with van der Waals surface area (Å²) in [5.41, 5.74) is 1.14. The molecule has 4 rings (SSSR count). The van der Waals surface area contributed by atoms with Crippen molar-refractivity contribution >= 4 is 5.65 Å². The highest BCUT2D eigenvalue weighted by Gasteiger charge is 2.35. The fraction of sp³-hybridized carbons (Fsp3) is 0.125. The molecule has 0 bridgehead atoms. The van der Waals surface area contributed by atoms with Crippen molar-refractivity contribution in [3.05, 3.63) is 65.7 Å². The second-order valence-electron chi connectivity index (χ2n) is 5.43. The monoisotopic (exact) mass is 363 g/mol. The molecule has 3 aromatic heterocycles. The number of hydrogen-bond acceptors (Lipinski definition) is 4. The molecular formula is C16H10F4N6. The Morgan fingerprint density at radius 1 is 1.23 bits per heavy atom. The number of nitrogens with one attached hydrogen (secondary N) is 1. The first-order valence-corrected chi connectivity index (χ1v) is 7.39. The minimum Gasteiger partial charge on any atom is -0.303 e. The lowest BCUT2D eigenvalue weighted by atomic mass is 10.1. The van der Waals surface area contributed by atoms with Gasteiger partial charge in [-0.1, -0.05) is 18.2 Å². The summed E-state index contributed by atoms with van der Waals surface area (Å²) in [6.45, 7) is 0. The van der Waals surface area contributed by atoms with E-state index in [1.807, 2.05) is 5.10 Å². The summed E-state index contributed by atoms with van der Waals surface area (Å²) in [6.07, 6.45) is -0.0962. The normalized spacial score (nSPS) is 12.5. The highest BCUT2D eigenvalue weighted by molar-refractivity contribution is 5.55. The van der Waals surface area contributed by atoms with Gasteiger partial charge in [0.25, 0.3) is 0 Å². The smallest absolute Gasteiger partial charge is 0.303 e. The summed E-state index contributed by atoms with van der Waals surface area (Å²) in [5, 5.41) is 5.41. The number of aromatic amines is 1. The van der Waals surface area contributed by atoms with E-state index >= 15 is 0 Å². The van der Waals surface area contributed by atoms with Gasteiger partial charge in [0.15, 0.2) is 5.65 Å². The number of halogens is 4. The summed E-state index contributed by atoms with van der Waals surface area (Å²) >= 11 is 0. The van der Waals surface area contributed by atoms with Crippen molar-refractivity contribution < 1.29 is 18.9 Å². The summed E-state index contributed by atoms with van der Waals surface area (Å²) in [5.74, 6) is -2.04. The molecule has 4 aromatic rings. The molecule has 0 aliphatic carbocycles. The van der Waals surface area contributed by atoms with E-state index < -0.39 is 17.8 Å². The Morgan fingerprint density at radius 3 is 2.81 bits per heavy atom. The molecule has 0 saturated carbocycles. The van der Waals surface area contributed by atoms with Crippen LogP contribution in [0.1, 0.15) is 18.5 Å². The van der Waals surface area contributed by atoms with Gasteiger partial charge < -0.3 is 4.40 Å². The van der Waals surface area contributed by atoms with E-state index in [9.17, 15) is 17.6 Å². The van der Waals surface area contributed by atoms with Gasteiger partial charge in [-0.25, -0.2) is 19.3 Å². The first kappa shape index (κ1) is 15.0. The van der Waals surface area contributed by atoms with Crippen molar-refractivity contribution in [2.45, 2.75) is 12.6 Å². The molecule has 26 heavy (non-hydrogen) atoms. The van der Waals surface area contributed by atoms with Gasteiger partial charge in [-0.3, -0.25) is 5.10 Å². The lowest BCUT2D eigenvalue weighted by Gasteiger charge is -2.07. The predicted octanol–water partition coefficient (Wildman–Crippen LogP) is 3.26. The van der Waals surface area contributed by atoms with Crippen LogP contribution >= 0.6 is 0 Å². The Morgan fingerprint density at radius 2 is 2.08 bits per heavy atom. The Hall–Kier alpha value is -3.30. The van der Waals surface area contributed by atoms with Crippen molar-refractivity contribution in [2.75, 3.05) is 0 Å². The molecule has 1 N–H and O–H groups in total. The van der Waals surface area contributed by atoms with Gasteiger partial charge >= 0.3 is 6.18 Å². The number of rotatable bonds is 3. The molecule has 10 heteroatoms. The van der Waals surface area contributed by atoms with E-state index in [1.165, 1.54) is 24.5 Å². The van der Waals surface area contributed by atoms with Crippen molar-refractivity contribution in [3.63, 3.8) is 0 Å². The topological polar surface area (TPSA) is 71.8 Å². The molecule has 0 amide bonds. The first-order chi connectivity index (χ1) is 12.8. The number of fused-ring (bicyclic) bond motifs is 1. The zero-order valence-electron chi connectivity index (χ0n) is 13.9. The zero-order chi connectivity index (χ0) is 19.2. The summed E-state index contributed by atoms with van der Waals surface area (Å²) in [4.78, 5) is 11.9. The van der Waals surface area contributed by atoms with E-state index in [1.54, 1.807) is 10.6 Å². The molecular weight excluding hydrogens is 352 g/mol. The lowest BCUT2D eigenvalue weighted by molar-refractivity contribution is -0.144. The van der Waals surface area contributed by atoms with Gasteiger partial charge in [-0.05, 0) is 11.6 Å². The number of imidazole rings is 1.